The normalized spacial score (nSPS) is 11.1. The van der Waals surface area contributed by atoms with Gasteiger partial charge in [0.15, 0.2) is 0 Å². The van der Waals surface area contributed by atoms with Crippen molar-refractivity contribution in [3.63, 3.8) is 0 Å². The van der Waals surface area contributed by atoms with E-state index in [4.69, 9.17) is 0 Å². The fraction of sp³-hybridized carbons (Fsp3) is 0.357. The monoisotopic (exact) mass is 246 g/mol. The number of thiol groups is 1. The number of imidazole rings is 1. The minimum absolute atomic E-state index is 0.567. The van der Waals surface area contributed by atoms with Gasteiger partial charge < -0.3 is 4.98 Å². The molecule has 0 spiro atoms. The molecule has 0 bridgehead atoms. The largest absolute Gasteiger partial charge is 0.345 e. The lowest BCUT2D eigenvalue weighted by molar-refractivity contribution is 0.867. The van der Waals surface area contributed by atoms with Gasteiger partial charge in [0, 0.05) is 17.0 Å². The summed E-state index contributed by atoms with van der Waals surface area (Å²) < 4.78 is 0. The smallest absolute Gasteiger partial charge is 0.116 e. The van der Waals surface area contributed by atoms with Crippen molar-refractivity contribution < 1.29 is 0 Å². The van der Waals surface area contributed by atoms with Crippen molar-refractivity contribution in [3.8, 4) is 11.3 Å². The van der Waals surface area contributed by atoms with E-state index in [2.05, 4.69) is 60.7 Å². The van der Waals surface area contributed by atoms with E-state index < -0.39 is 0 Å². The summed E-state index contributed by atoms with van der Waals surface area (Å²) in [6.07, 6.45) is 0. The third-order valence-electron chi connectivity index (χ3n) is 2.93. The number of hydrogen-bond acceptors (Lipinski definition) is 2. The van der Waals surface area contributed by atoms with Crippen molar-refractivity contribution in [1.82, 2.24) is 9.97 Å². The molecule has 1 aromatic heterocycles. The second-order valence-electron chi connectivity index (χ2n) is 4.59. The summed E-state index contributed by atoms with van der Waals surface area (Å²) in [6.45, 7) is 6.45. The van der Waals surface area contributed by atoms with Gasteiger partial charge in [-0.05, 0) is 18.4 Å². The fourth-order valence-electron chi connectivity index (χ4n) is 1.90. The summed E-state index contributed by atoms with van der Waals surface area (Å²) in [7, 11) is 0. The van der Waals surface area contributed by atoms with Crippen molar-refractivity contribution in [2.45, 2.75) is 32.4 Å². The second-order valence-corrected chi connectivity index (χ2v) is 4.91. The van der Waals surface area contributed by atoms with Crippen LogP contribution in [0.4, 0.5) is 0 Å². The lowest BCUT2D eigenvalue weighted by Crippen LogP contribution is -1.87. The van der Waals surface area contributed by atoms with Gasteiger partial charge in [-0.15, -0.1) is 0 Å². The quantitative estimate of drug-likeness (QED) is 0.789. The van der Waals surface area contributed by atoms with E-state index in [1.54, 1.807) is 0 Å². The predicted octanol–water partition coefficient (Wildman–Crippen LogP) is 3.94. The molecule has 1 aromatic carbocycles. The van der Waals surface area contributed by atoms with Crippen LogP contribution in [0, 0.1) is 6.92 Å². The third-order valence-corrected chi connectivity index (χ3v) is 3.23. The van der Waals surface area contributed by atoms with Crippen LogP contribution in [0.15, 0.2) is 24.3 Å². The van der Waals surface area contributed by atoms with Crippen LogP contribution in [-0.4, -0.2) is 9.97 Å². The number of nitrogens with one attached hydrogen (secondary N) is 1. The Morgan fingerprint density at radius 2 is 1.88 bits per heavy atom. The summed E-state index contributed by atoms with van der Waals surface area (Å²) in [5.41, 5.74) is 4.66. The molecule has 0 aliphatic heterocycles. The van der Waals surface area contributed by atoms with Gasteiger partial charge >= 0.3 is 0 Å². The Labute approximate surface area is 108 Å². The maximum atomic E-state index is 4.54. The van der Waals surface area contributed by atoms with Crippen LogP contribution in [0.3, 0.4) is 0 Å². The maximum Gasteiger partial charge on any atom is 0.116 e. The van der Waals surface area contributed by atoms with Gasteiger partial charge in [-0.1, -0.05) is 38.1 Å². The second kappa shape index (κ2) is 4.96. The van der Waals surface area contributed by atoms with Crippen molar-refractivity contribution in [2.75, 3.05) is 0 Å². The summed E-state index contributed by atoms with van der Waals surface area (Å²) in [5.74, 6) is 2.14. The van der Waals surface area contributed by atoms with E-state index in [0.717, 1.165) is 22.8 Å². The molecule has 0 saturated carbocycles. The van der Waals surface area contributed by atoms with Gasteiger partial charge in [0.25, 0.3) is 0 Å². The molecule has 2 aromatic rings. The van der Waals surface area contributed by atoms with Crippen molar-refractivity contribution in [3.05, 3.63) is 41.3 Å². The molecule has 0 saturated heterocycles. The van der Waals surface area contributed by atoms with Crippen molar-refractivity contribution in [1.29, 1.82) is 0 Å². The summed E-state index contributed by atoms with van der Waals surface area (Å²) >= 11 is 4.23. The Bertz CT molecular complexity index is 497. The predicted molar refractivity (Wildman–Crippen MR) is 75.5 cm³/mol. The summed E-state index contributed by atoms with van der Waals surface area (Å²) in [5, 5.41) is 0. The van der Waals surface area contributed by atoms with Gasteiger partial charge in [0.2, 0.25) is 0 Å². The number of aromatic nitrogens is 2. The average Bonchev–Trinajstić information content (AvgIpc) is 2.71. The molecule has 0 aliphatic rings. The molecule has 0 unspecified atom stereocenters. The third kappa shape index (κ3) is 2.55. The van der Waals surface area contributed by atoms with Crippen LogP contribution in [0.1, 0.15) is 36.8 Å². The highest BCUT2D eigenvalue weighted by Gasteiger charge is 2.08. The van der Waals surface area contributed by atoms with Crippen molar-refractivity contribution >= 4 is 12.6 Å². The zero-order valence-electron chi connectivity index (χ0n) is 10.5. The Kier molecular flexibility index (Phi) is 3.57. The minimum atomic E-state index is 0.567. The van der Waals surface area contributed by atoms with Crippen LogP contribution in [-0.2, 0) is 5.75 Å². The first-order chi connectivity index (χ1) is 8.11. The van der Waals surface area contributed by atoms with Gasteiger partial charge in [-0.2, -0.15) is 12.6 Å². The van der Waals surface area contributed by atoms with E-state index in [9.17, 15) is 0 Å². The standard InChI is InChI=1S/C14H18N2S/c1-9(2)11-4-6-12(7-5-11)14-10(3)15-13(8-17)16-14/h4-7,9,17H,8H2,1-3H3,(H,15,16). The molecule has 0 radical (unpaired) electrons. The fourth-order valence-corrected chi connectivity index (χ4v) is 2.05. The highest BCUT2D eigenvalue weighted by Crippen LogP contribution is 2.24. The molecule has 3 heteroatoms. The van der Waals surface area contributed by atoms with Crippen LogP contribution in [0.5, 0.6) is 0 Å². The minimum Gasteiger partial charge on any atom is -0.345 e. The Morgan fingerprint density at radius 1 is 1.24 bits per heavy atom. The SMILES string of the molecule is Cc1[nH]c(CS)nc1-c1ccc(C(C)C)cc1. The van der Waals surface area contributed by atoms with Crippen LogP contribution in [0.2, 0.25) is 0 Å². The number of hydrogen-bond donors (Lipinski definition) is 2. The molecule has 1 N–H and O–H groups in total. The van der Waals surface area contributed by atoms with E-state index in [1.165, 1.54) is 5.56 Å². The van der Waals surface area contributed by atoms with E-state index in [1.807, 2.05) is 6.92 Å². The van der Waals surface area contributed by atoms with Gasteiger partial charge in [-0.3, -0.25) is 0 Å². The number of nitrogens with zero attached hydrogens (tertiary/aromatic N) is 1. The molecule has 0 atom stereocenters. The number of rotatable bonds is 3. The first-order valence-corrected chi connectivity index (χ1v) is 6.51. The molecule has 17 heavy (non-hydrogen) atoms. The van der Waals surface area contributed by atoms with Crippen LogP contribution < -0.4 is 0 Å². The lowest BCUT2D eigenvalue weighted by atomic mass is 10.0. The number of benzene rings is 1. The molecule has 0 aliphatic carbocycles. The summed E-state index contributed by atoms with van der Waals surface area (Å²) in [6, 6.07) is 8.63. The van der Waals surface area contributed by atoms with Crippen molar-refractivity contribution in [2.24, 2.45) is 0 Å². The Morgan fingerprint density at radius 3 is 2.35 bits per heavy atom. The van der Waals surface area contributed by atoms with Gasteiger partial charge in [0.05, 0.1) is 5.69 Å². The molecular weight excluding hydrogens is 228 g/mol. The molecule has 2 rings (SSSR count). The molecule has 0 amide bonds. The molecule has 90 valence electrons. The van der Waals surface area contributed by atoms with Gasteiger partial charge in [-0.25, -0.2) is 4.98 Å². The van der Waals surface area contributed by atoms with Crippen LogP contribution in [0.25, 0.3) is 11.3 Å². The zero-order chi connectivity index (χ0) is 12.4. The zero-order valence-corrected chi connectivity index (χ0v) is 11.4. The Balaban J connectivity index is 2.36. The molecule has 0 fully saturated rings. The van der Waals surface area contributed by atoms with E-state index >= 15 is 0 Å². The Hall–Kier alpha value is -1.22. The van der Waals surface area contributed by atoms with E-state index in [-0.39, 0.29) is 0 Å². The number of H-pyrrole nitrogens is 1. The molecule has 1 heterocycles. The lowest BCUT2D eigenvalue weighted by Gasteiger charge is -2.06. The average molecular weight is 246 g/mol. The molecular formula is C14H18N2S. The van der Waals surface area contributed by atoms with Crippen LogP contribution >= 0.6 is 12.6 Å². The highest BCUT2D eigenvalue weighted by molar-refractivity contribution is 7.79. The number of aromatic amines is 1. The summed E-state index contributed by atoms with van der Waals surface area (Å²) in [4.78, 5) is 7.78. The topological polar surface area (TPSA) is 28.7 Å². The maximum absolute atomic E-state index is 4.54. The number of aryl methyl sites for hydroxylation is 1. The highest BCUT2D eigenvalue weighted by atomic mass is 32.1. The van der Waals surface area contributed by atoms with Gasteiger partial charge in [0.1, 0.15) is 5.82 Å². The molecule has 2 nitrogen and oxygen atoms in total. The van der Waals surface area contributed by atoms with E-state index in [0.29, 0.717) is 11.7 Å². The first kappa shape index (κ1) is 12.2. The first-order valence-electron chi connectivity index (χ1n) is 5.88.